The Morgan fingerprint density at radius 1 is 1.08 bits per heavy atom. The zero-order valence-electron chi connectivity index (χ0n) is 14.9. The predicted octanol–water partition coefficient (Wildman–Crippen LogP) is 4.44. The number of aromatic nitrogens is 2. The van der Waals surface area contributed by atoms with Crippen molar-refractivity contribution < 1.29 is 9.18 Å². The summed E-state index contributed by atoms with van der Waals surface area (Å²) in [5.41, 5.74) is 1.73. The van der Waals surface area contributed by atoms with Gasteiger partial charge in [0, 0.05) is 5.39 Å². The van der Waals surface area contributed by atoms with E-state index in [2.05, 4.69) is 15.3 Å². The number of fused-ring (bicyclic) bond motifs is 1. The van der Waals surface area contributed by atoms with Crippen LogP contribution in [-0.4, -0.2) is 21.1 Å². The molecule has 26 heavy (non-hydrogen) atoms. The number of nitrogens with one attached hydrogen (secondary N) is 1. The molecule has 1 N–H and O–H groups in total. The number of rotatable bonds is 5. The lowest BCUT2D eigenvalue weighted by atomic mass is 10.1. The smallest absolute Gasteiger partial charge is 0.233 e. The number of thioether (sulfide) groups is 1. The van der Waals surface area contributed by atoms with E-state index in [1.54, 1.807) is 12.1 Å². The van der Waals surface area contributed by atoms with Crippen LogP contribution >= 0.6 is 11.8 Å². The molecule has 1 aromatic heterocycles. The number of hydrogen-bond donors (Lipinski definition) is 1. The third-order valence-corrected chi connectivity index (χ3v) is 5.17. The maximum Gasteiger partial charge on any atom is 0.233 e. The second-order valence-electron chi connectivity index (χ2n) is 6.14. The highest BCUT2D eigenvalue weighted by molar-refractivity contribution is 8.00. The molecule has 0 bridgehead atoms. The first-order valence-electron chi connectivity index (χ1n) is 8.40. The fourth-order valence-electron chi connectivity index (χ4n) is 2.63. The molecule has 0 spiro atoms. The van der Waals surface area contributed by atoms with E-state index < -0.39 is 0 Å². The van der Waals surface area contributed by atoms with Gasteiger partial charge < -0.3 is 5.32 Å². The molecule has 0 radical (unpaired) electrons. The molecule has 0 saturated carbocycles. The van der Waals surface area contributed by atoms with E-state index in [4.69, 9.17) is 0 Å². The number of amides is 1. The number of carbonyl (C=O) groups is 1. The molecule has 4 nitrogen and oxygen atoms in total. The van der Waals surface area contributed by atoms with Gasteiger partial charge in [0.05, 0.1) is 16.8 Å². The Balaban J connectivity index is 1.72. The summed E-state index contributed by atoms with van der Waals surface area (Å²) in [6, 6.07) is 13.7. The summed E-state index contributed by atoms with van der Waals surface area (Å²) in [6.45, 7) is 5.58. The largest absolute Gasteiger partial charge is 0.349 e. The second kappa shape index (κ2) is 7.83. The van der Waals surface area contributed by atoms with Crippen LogP contribution in [0.4, 0.5) is 4.39 Å². The second-order valence-corrected chi connectivity index (χ2v) is 7.46. The van der Waals surface area contributed by atoms with Crippen LogP contribution in [0.1, 0.15) is 31.3 Å². The van der Waals surface area contributed by atoms with Crippen molar-refractivity contribution in [2.45, 2.75) is 37.1 Å². The van der Waals surface area contributed by atoms with E-state index in [1.165, 1.54) is 23.9 Å². The molecule has 2 atom stereocenters. The maximum absolute atomic E-state index is 13.0. The van der Waals surface area contributed by atoms with Crippen molar-refractivity contribution in [1.29, 1.82) is 0 Å². The van der Waals surface area contributed by atoms with Crippen LogP contribution < -0.4 is 5.32 Å². The number of benzene rings is 2. The Bertz CT molecular complexity index is 930. The van der Waals surface area contributed by atoms with Crippen LogP contribution in [0.25, 0.3) is 10.9 Å². The van der Waals surface area contributed by atoms with Crippen LogP contribution in [0.3, 0.4) is 0 Å². The first-order chi connectivity index (χ1) is 12.4. The summed E-state index contributed by atoms with van der Waals surface area (Å²) in [7, 11) is 0. The highest BCUT2D eigenvalue weighted by Gasteiger charge is 2.19. The van der Waals surface area contributed by atoms with E-state index in [-0.39, 0.29) is 23.0 Å². The first kappa shape index (κ1) is 18.3. The maximum atomic E-state index is 13.0. The summed E-state index contributed by atoms with van der Waals surface area (Å²) in [4.78, 5) is 21.5. The molecule has 134 valence electrons. The number of para-hydroxylation sites is 1. The van der Waals surface area contributed by atoms with Gasteiger partial charge in [-0.3, -0.25) is 4.79 Å². The highest BCUT2D eigenvalue weighted by atomic mass is 32.2. The molecule has 1 heterocycles. The summed E-state index contributed by atoms with van der Waals surface area (Å²) in [6.07, 6.45) is 0. The minimum absolute atomic E-state index is 0.0906. The van der Waals surface area contributed by atoms with E-state index >= 15 is 0 Å². The van der Waals surface area contributed by atoms with Crippen molar-refractivity contribution in [2.75, 3.05) is 0 Å². The predicted molar refractivity (Wildman–Crippen MR) is 103 cm³/mol. The van der Waals surface area contributed by atoms with Crippen molar-refractivity contribution in [3.05, 3.63) is 65.7 Å². The first-order valence-corrected chi connectivity index (χ1v) is 9.28. The van der Waals surface area contributed by atoms with Crippen molar-refractivity contribution in [3.8, 4) is 0 Å². The average molecular weight is 369 g/mol. The summed E-state index contributed by atoms with van der Waals surface area (Å²) < 4.78 is 13.0. The standard InChI is InChI=1S/C20H20FN3OS/c1-12(15-8-10-16(21)11-9-15)22-19(25)13(2)26-20-17-6-4-5-7-18(17)23-14(3)24-20/h4-13H,1-3H3,(H,22,25)/t12-,13+/m0/s1. The Kier molecular flexibility index (Phi) is 5.52. The zero-order chi connectivity index (χ0) is 18.7. The number of aryl methyl sites for hydroxylation is 1. The summed E-state index contributed by atoms with van der Waals surface area (Å²) in [5.74, 6) is 0.299. The molecule has 0 aliphatic carbocycles. The van der Waals surface area contributed by atoms with E-state index in [0.717, 1.165) is 21.5 Å². The van der Waals surface area contributed by atoms with Crippen LogP contribution in [0.2, 0.25) is 0 Å². The van der Waals surface area contributed by atoms with Gasteiger partial charge in [-0.2, -0.15) is 0 Å². The number of hydrogen-bond acceptors (Lipinski definition) is 4. The Morgan fingerprint density at radius 2 is 1.77 bits per heavy atom. The van der Waals surface area contributed by atoms with Gasteiger partial charge in [-0.1, -0.05) is 42.1 Å². The highest BCUT2D eigenvalue weighted by Crippen LogP contribution is 2.29. The van der Waals surface area contributed by atoms with Crippen LogP contribution in [0.5, 0.6) is 0 Å². The molecular formula is C20H20FN3OS. The van der Waals surface area contributed by atoms with Gasteiger partial charge in [0.1, 0.15) is 16.7 Å². The summed E-state index contributed by atoms with van der Waals surface area (Å²) >= 11 is 1.41. The lowest BCUT2D eigenvalue weighted by Gasteiger charge is -2.18. The van der Waals surface area contributed by atoms with Gasteiger partial charge in [0.25, 0.3) is 0 Å². The Labute approximate surface area is 156 Å². The van der Waals surface area contributed by atoms with Gasteiger partial charge in [0.2, 0.25) is 5.91 Å². The molecule has 1 amide bonds. The SMILES string of the molecule is Cc1nc(S[C@H](C)C(=O)N[C@@H](C)c2ccc(F)cc2)c2ccccc2n1. The van der Waals surface area contributed by atoms with Crippen LogP contribution in [0, 0.1) is 12.7 Å². The zero-order valence-corrected chi connectivity index (χ0v) is 15.7. The van der Waals surface area contributed by atoms with Gasteiger partial charge in [-0.05, 0) is 44.5 Å². The molecule has 3 aromatic rings. The monoisotopic (exact) mass is 369 g/mol. The van der Waals surface area contributed by atoms with E-state index in [9.17, 15) is 9.18 Å². The molecule has 3 rings (SSSR count). The number of nitrogens with zero attached hydrogens (tertiary/aromatic N) is 2. The fourth-order valence-corrected chi connectivity index (χ4v) is 3.63. The molecule has 0 unspecified atom stereocenters. The topological polar surface area (TPSA) is 54.9 Å². The molecule has 0 fully saturated rings. The third kappa shape index (κ3) is 4.19. The number of halogens is 1. The van der Waals surface area contributed by atoms with Crippen LogP contribution in [-0.2, 0) is 4.79 Å². The van der Waals surface area contributed by atoms with Gasteiger partial charge >= 0.3 is 0 Å². The molecule has 0 aliphatic heterocycles. The lowest BCUT2D eigenvalue weighted by molar-refractivity contribution is -0.120. The minimum Gasteiger partial charge on any atom is -0.349 e. The quantitative estimate of drug-likeness (QED) is 0.534. The van der Waals surface area contributed by atoms with Crippen molar-refractivity contribution in [2.24, 2.45) is 0 Å². The Hall–Kier alpha value is -2.47. The molecule has 0 saturated heterocycles. The van der Waals surface area contributed by atoms with Gasteiger partial charge in [0.15, 0.2) is 0 Å². The normalized spacial score (nSPS) is 13.4. The summed E-state index contributed by atoms with van der Waals surface area (Å²) in [5, 5.41) is 4.38. The van der Waals surface area contributed by atoms with Crippen molar-refractivity contribution >= 4 is 28.6 Å². The van der Waals surface area contributed by atoms with E-state index in [1.807, 2.05) is 45.0 Å². The fraction of sp³-hybridized carbons (Fsp3) is 0.250. The minimum atomic E-state index is -0.324. The van der Waals surface area contributed by atoms with Gasteiger partial charge in [-0.25, -0.2) is 14.4 Å². The van der Waals surface area contributed by atoms with Crippen molar-refractivity contribution in [3.63, 3.8) is 0 Å². The molecule has 0 aliphatic rings. The molecular weight excluding hydrogens is 349 g/mol. The third-order valence-electron chi connectivity index (χ3n) is 4.07. The van der Waals surface area contributed by atoms with Gasteiger partial charge in [-0.15, -0.1) is 0 Å². The van der Waals surface area contributed by atoms with Crippen LogP contribution in [0.15, 0.2) is 53.6 Å². The molecule has 6 heteroatoms. The van der Waals surface area contributed by atoms with Crippen molar-refractivity contribution in [1.82, 2.24) is 15.3 Å². The Morgan fingerprint density at radius 3 is 2.50 bits per heavy atom. The average Bonchev–Trinajstić information content (AvgIpc) is 2.62. The lowest BCUT2D eigenvalue weighted by Crippen LogP contribution is -2.33. The number of carbonyl (C=O) groups excluding carboxylic acids is 1. The molecule has 2 aromatic carbocycles. The van der Waals surface area contributed by atoms with E-state index in [0.29, 0.717) is 5.82 Å².